The van der Waals surface area contributed by atoms with E-state index >= 15 is 0 Å². The van der Waals surface area contributed by atoms with Crippen molar-refractivity contribution in [1.82, 2.24) is 0 Å². The van der Waals surface area contributed by atoms with E-state index in [-0.39, 0.29) is 0 Å². The zero-order valence-corrected chi connectivity index (χ0v) is 10.3. The summed E-state index contributed by atoms with van der Waals surface area (Å²) in [4.78, 5) is 0. The molecule has 1 fully saturated rings. The Morgan fingerprint density at radius 2 is 2.25 bits per heavy atom. The second kappa shape index (κ2) is 5.27. The zero-order valence-electron chi connectivity index (χ0n) is 9.44. The number of hydrogen-bond donors (Lipinski definition) is 1. The largest absolute Gasteiger partial charge is 0.380 e. The smallest absolute Gasteiger partial charge is 0.101 e. The van der Waals surface area contributed by atoms with Crippen molar-refractivity contribution < 1.29 is 0 Å². The van der Waals surface area contributed by atoms with Crippen LogP contribution in [0.3, 0.4) is 0 Å². The third-order valence-electron chi connectivity index (χ3n) is 3.00. The minimum Gasteiger partial charge on any atom is -0.380 e. The molecule has 2 rings (SSSR count). The number of thioether (sulfide) groups is 1. The summed E-state index contributed by atoms with van der Waals surface area (Å²) in [7, 11) is 0. The highest BCUT2D eigenvalue weighted by molar-refractivity contribution is 8.00. The van der Waals surface area contributed by atoms with E-state index in [2.05, 4.69) is 18.3 Å². The van der Waals surface area contributed by atoms with Gasteiger partial charge in [0.05, 0.1) is 11.3 Å². The fourth-order valence-electron chi connectivity index (χ4n) is 2.02. The molecule has 0 amide bonds. The molecule has 0 spiro atoms. The van der Waals surface area contributed by atoms with Gasteiger partial charge in [0.25, 0.3) is 0 Å². The molecule has 2 atom stereocenters. The molecule has 3 heteroatoms. The number of anilines is 1. The number of nitriles is 1. The van der Waals surface area contributed by atoms with Crippen molar-refractivity contribution in [1.29, 1.82) is 5.26 Å². The third kappa shape index (κ3) is 2.51. The van der Waals surface area contributed by atoms with E-state index in [1.54, 1.807) is 0 Å². The topological polar surface area (TPSA) is 35.8 Å². The molecule has 1 aliphatic heterocycles. The van der Waals surface area contributed by atoms with Crippen molar-refractivity contribution >= 4 is 17.4 Å². The van der Waals surface area contributed by atoms with Gasteiger partial charge in [-0.1, -0.05) is 19.1 Å². The van der Waals surface area contributed by atoms with Crippen LogP contribution in [0.5, 0.6) is 0 Å². The lowest BCUT2D eigenvalue weighted by Crippen LogP contribution is -2.33. The van der Waals surface area contributed by atoms with Crippen molar-refractivity contribution in [3.05, 3.63) is 29.8 Å². The van der Waals surface area contributed by atoms with Crippen LogP contribution < -0.4 is 5.32 Å². The highest BCUT2D eigenvalue weighted by Crippen LogP contribution is 2.28. The van der Waals surface area contributed by atoms with Crippen LogP contribution in [0.25, 0.3) is 0 Å². The monoisotopic (exact) mass is 232 g/mol. The lowest BCUT2D eigenvalue weighted by molar-refractivity contribution is 0.617. The Morgan fingerprint density at radius 1 is 1.44 bits per heavy atom. The van der Waals surface area contributed by atoms with Gasteiger partial charge in [-0.15, -0.1) is 0 Å². The van der Waals surface area contributed by atoms with Crippen LogP contribution in [0, 0.1) is 11.3 Å². The van der Waals surface area contributed by atoms with Gasteiger partial charge in [-0.3, -0.25) is 0 Å². The first-order chi connectivity index (χ1) is 7.81. The van der Waals surface area contributed by atoms with E-state index in [1.165, 1.54) is 18.6 Å². The molecule has 0 saturated carbocycles. The van der Waals surface area contributed by atoms with E-state index in [9.17, 15) is 0 Å². The molecule has 1 aliphatic rings. The fraction of sp³-hybridized carbons (Fsp3) is 0.462. The van der Waals surface area contributed by atoms with Crippen LogP contribution in [0.1, 0.15) is 25.3 Å². The minimum atomic E-state index is 0.494. The van der Waals surface area contributed by atoms with Gasteiger partial charge in [0.2, 0.25) is 0 Å². The van der Waals surface area contributed by atoms with Crippen molar-refractivity contribution in [2.45, 2.75) is 31.1 Å². The van der Waals surface area contributed by atoms with Gasteiger partial charge in [0.15, 0.2) is 0 Å². The van der Waals surface area contributed by atoms with E-state index in [0.29, 0.717) is 11.3 Å². The van der Waals surface area contributed by atoms with Crippen LogP contribution in [0.15, 0.2) is 24.3 Å². The lowest BCUT2D eigenvalue weighted by atomic mass is 10.1. The maximum Gasteiger partial charge on any atom is 0.101 e. The average Bonchev–Trinajstić information content (AvgIpc) is 2.33. The molecule has 1 N–H and O–H groups in total. The molecular formula is C13H16N2S. The molecule has 1 heterocycles. The second-order valence-electron chi connectivity index (χ2n) is 4.13. The van der Waals surface area contributed by atoms with Crippen LogP contribution >= 0.6 is 11.8 Å². The van der Waals surface area contributed by atoms with Crippen LogP contribution in [-0.4, -0.2) is 17.0 Å². The van der Waals surface area contributed by atoms with Crippen molar-refractivity contribution in [3.63, 3.8) is 0 Å². The molecule has 2 nitrogen and oxygen atoms in total. The van der Waals surface area contributed by atoms with E-state index in [4.69, 9.17) is 5.26 Å². The Hall–Kier alpha value is -1.14. The zero-order chi connectivity index (χ0) is 11.4. The average molecular weight is 232 g/mol. The summed E-state index contributed by atoms with van der Waals surface area (Å²) in [6.45, 7) is 2.26. The Balaban J connectivity index is 2.11. The van der Waals surface area contributed by atoms with E-state index < -0.39 is 0 Å². The standard InChI is InChI=1S/C13H16N2S/c1-10-12(7-4-8-16-10)15-13-6-3-2-5-11(13)9-14/h2-3,5-6,10,12,15H,4,7-8H2,1H3. The van der Waals surface area contributed by atoms with Gasteiger partial charge in [0, 0.05) is 11.3 Å². The Morgan fingerprint density at radius 3 is 3.00 bits per heavy atom. The maximum atomic E-state index is 9.02. The molecule has 0 bridgehead atoms. The van der Waals surface area contributed by atoms with Gasteiger partial charge in [0.1, 0.15) is 6.07 Å². The summed E-state index contributed by atoms with van der Waals surface area (Å²) in [6.07, 6.45) is 2.47. The Bertz CT molecular complexity index is 397. The fourth-order valence-corrected chi connectivity index (χ4v) is 3.16. The Labute approximate surface area is 101 Å². The highest BCUT2D eigenvalue weighted by Gasteiger charge is 2.21. The molecule has 0 aromatic heterocycles. The number of hydrogen-bond acceptors (Lipinski definition) is 3. The summed E-state index contributed by atoms with van der Waals surface area (Å²) < 4.78 is 0. The summed E-state index contributed by atoms with van der Waals surface area (Å²) >= 11 is 2.01. The molecule has 84 valence electrons. The van der Waals surface area contributed by atoms with Crippen LogP contribution in [-0.2, 0) is 0 Å². The minimum absolute atomic E-state index is 0.494. The summed E-state index contributed by atoms with van der Waals surface area (Å²) in [5.74, 6) is 1.26. The molecular weight excluding hydrogens is 216 g/mol. The predicted octanol–water partition coefficient (Wildman–Crippen LogP) is 3.25. The van der Waals surface area contributed by atoms with Gasteiger partial charge >= 0.3 is 0 Å². The molecule has 2 unspecified atom stereocenters. The number of benzene rings is 1. The molecule has 0 radical (unpaired) electrons. The van der Waals surface area contributed by atoms with Crippen LogP contribution in [0.4, 0.5) is 5.69 Å². The van der Waals surface area contributed by atoms with Gasteiger partial charge in [-0.2, -0.15) is 17.0 Å². The predicted molar refractivity (Wildman–Crippen MR) is 69.7 cm³/mol. The van der Waals surface area contributed by atoms with Gasteiger partial charge < -0.3 is 5.32 Å². The van der Waals surface area contributed by atoms with Crippen LogP contribution in [0.2, 0.25) is 0 Å². The first-order valence-corrected chi connectivity index (χ1v) is 6.73. The summed E-state index contributed by atoms with van der Waals surface area (Å²) in [5.41, 5.74) is 1.72. The number of rotatable bonds is 2. The van der Waals surface area contributed by atoms with Crippen molar-refractivity contribution in [3.8, 4) is 6.07 Å². The SMILES string of the molecule is CC1SCCCC1Nc1ccccc1C#N. The lowest BCUT2D eigenvalue weighted by Gasteiger charge is -2.30. The molecule has 1 aromatic carbocycles. The van der Waals surface area contributed by atoms with Gasteiger partial charge in [-0.25, -0.2) is 0 Å². The molecule has 1 aromatic rings. The molecule has 1 saturated heterocycles. The Kier molecular flexibility index (Phi) is 3.74. The number of para-hydroxylation sites is 1. The normalized spacial score (nSPS) is 24.8. The highest BCUT2D eigenvalue weighted by atomic mass is 32.2. The maximum absolute atomic E-state index is 9.02. The molecule has 16 heavy (non-hydrogen) atoms. The number of nitrogens with one attached hydrogen (secondary N) is 1. The van der Waals surface area contributed by atoms with E-state index in [0.717, 1.165) is 11.3 Å². The quantitative estimate of drug-likeness (QED) is 0.850. The third-order valence-corrected chi connectivity index (χ3v) is 4.37. The first-order valence-electron chi connectivity index (χ1n) is 5.68. The van der Waals surface area contributed by atoms with Crippen molar-refractivity contribution in [2.75, 3.05) is 11.1 Å². The van der Waals surface area contributed by atoms with Crippen molar-refractivity contribution in [2.24, 2.45) is 0 Å². The number of nitrogens with zero attached hydrogens (tertiary/aromatic N) is 1. The first kappa shape index (κ1) is 11.3. The summed E-state index contributed by atoms with van der Waals surface area (Å²) in [5, 5.41) is 13.2. The summed E-state index contributed by atoms with van der Waals surface area (Å²) in [6, 6.07) is 10.5. The van der Waals surface area contributed by atoms with Gasteiger partial charge in [-0.05, 0) is 30.7 Å². The molecule has 0 aliphatic carbocycles. The van der Waals surface area contributed by atoms with E-state index in [1.807, 2.05) is 36.0 Å². The second-order valence-corrected chi connectivity index (χ2v) is 5.61.